The van der Waals surface area contributed by atoms with Crippen molar-refractivity contribution in [3.63, 3.8) is 0 Å². The molecule has 0 spiro atoms. The highest BCUT2D eigenvalue weighted by molar-refractivity contribution is 6.33. The Balaban J connectivity index is 1.23. The topological polar surface area (TPSA) is 138 Å². The van der Waals surface area contributed by atoms with Crippen LogP contribution in [0.4, 0.5) is 10.5 Å². The Morgan fingerprint density at radius 2 is 2.00 bits per heavy atom. The molecule has 1 unspecified atom stereocenters. The fourth-order valence-corrected chi connectivity index (χ4v) is 4.29. The van der Waals surface area contributed by atoms with Crippen molar-refractivity contribution in [2.45, 2.75) is 32.0 Å². The van der Waals surface area contributed by atoms with Gasteiger partial charge in [-0.1, -0.05) is 28.9 Å². The van der Waals surface area contributed by atoms with Gasteiger partial charge in [-0.05, 0) is 42.3 Å². The molecule has 5 amide bonds. The lowest BCUT2D eigenvalue weighted by molar-refractivity contribution is -0.136. The maximum absolute atomic E-state index is 12.8. The molecule has 178 valence electrons. The highest BCUT2D eigenvalue weighted by Crippen LogP contribution is 2.29. The molecule has 0 aliphatic carbocycles. The van der Waals surface area contributed by atoms with Crippen molar-refractivity contribution in [2.75, 3.05) is 5.32 Å². The number of para-hydroxylation sites is 1. The molecule has 2 aliphatic rings. The van der Waals surface area contributed by atoms with Gasteiger partial charge in [-0.25, -0.2) is 9.48 Å². The molecule has 1 fully saturated rings. The molecule has 0 saturated carbocycles. The summed E-state index contributed by atoms with van der Waals surface area (Å²) in [5.74, 6) is -1.01. The molecule has 2 aliphatic heterocycles. The molecule has 5 rings (SSSR count). The lowest BCUT2D eigenvalue weighted by atomic mass is 10.0. The second-order valence-electron chi connectivity index (χ2n) is 8.18. The molecule has 35 heavy (non-hydrogen) atoms. The summed E-state index contributed by atoms with van der Waals surface area (Å²) < 4.78 is 1.54. The molecule has 11 nitrogen and oxygen atoms in total. The van der Waals surface area contributed by atoms with Crippen LogP contribution in [0.25, 0.3) is 5.69 Å². The normalized spacial score (nSPS) is 17.2. The van der Waals surface area contributed by atoms with Crippen LogP contribution in [0.3, 0.4) is 0 Å². The first kappa shape index (κ1) is 22.5. The molecular formula is C23H20ClN7O4. The van der Waals surface area contributed by atoms with Crippen molar-refractivity contribution in [1.29, 1.82) is 0 Å². The number of urea groups is 1. The van der Waals surface area contributed by atoms with Crippen molar-refractivity contribution >= 4 is 41.0 Å². The summed E-state index contributed by atoms with van der Waals surface area (Å²) in [6.07, 6.45) is 2.18. The van der Waals surface area contributed by atoms with E-state index in [2.05, 4.69) is 26.3 Å². The van der Waals surface area contributed by atoms with Crippen LogP contribution >= 0.6 is 11.6 Å². The molecule has 3 aromatic rings. The highest BCUT2D eigenvalue weighted by Gasteiger charge is 2.39. The lowest BCUT2D eigenvalue weighted by Gasteiger charge is -2.29. The zero-order valence-corrected chi connectivity index (χ0v) is 19.1. The van der Waals surface area contributed by atoms with Gasteiger partial charge >= 0.3 is 6.03 Å². The van der Waals surface area contributed by atoms with Gasteiger partial charge in [0.2, 0.25) is 11.8 Å². The Labute approximate surface area is 204 Å². The van der Waals surface area contributed by atoms with Crippen molar-refractivity contribution in [3.8, 4) is 5.69 Å². The maximum Gasteiger partial charge on any atom is 0.319 e. The number of piperidine rings is 1. The van der Waals surface area contributed by atoms with E-state index in [1.807, 2.05) is 6.07 Å². The van der Waals surface area contributed by atoms with Crippen molar-refractivity contribution < 1.29 is 19.2 Å². The number of imide groups is 1. The van der Waals surface area contributed by atoms with Gasteiger partial charge in [-0.15, -0.1) is 5.10 Å². The number of carbonyl (C=O) groups excluding carboxylic acids is 4. The first-order valence-corrected chi connectivity index (χ1v) is 11.3. The number of benzene rings is 2. The summed E-state index contributed by atoms with van der Waals surface area (Å²) in [5.41, 5.74) is 2.97. The molecule has 2 aromatic carbocycles. The molecule has 1 atom stereocenters. The number of rotatable bonds is 5. The molecule has 0 bridgehead atoms. The third kappa shape index (κ3) is 4.58. The van der Waals surface area contributed by atoms with E-state index < -0.39 is 18.0 Å². The molecule has 12 heteroatoms. The van der Waals surface area contributed by atoms with E-state index in [0.29, 0.717) is 34.1 Å². The molecule has 0 radical (unpaired) electrons. The zero-order chi connectivity index (χ0) is 24.5. The third-order valence-electron chi connectivity index (χ3n) is 5.86. The molecule has 3 N–H and O–H groups in total. The number of amides is 5. The number of hydrogen-bond acceptors (Lipinski definition) is 6. The Bertz CT molecular complexity index is 1360. The van der Waals surface area contributed by atoms with Gasteiger partial charge < -0.3 is 15.5 Å². The van der Waals surface area contributed by atoms with Gasteiger partial charge in [0.05, 0.1) is 29.1 Å². The Morgan fingerprint density at radius 1 is 1.17 bits per heavy atom. The minimum Gasteiger partial charge on any atom is -0.332 e. The first-order valence-electron chi connectivity index (χ1n) is 10.9. The standard InChI is InChI=1S/C23H20ClN7O4/c24-17-3-1-2-4-18(17)26-23(35)25-10-14-12-31(29-28-14)15-5-6-16-13(9-15)11-30(22(16)34)19-7-8-20(32)27-21(19)33/h1-6,9,12,19H,7-8,10-11H2,(H2,25,26,35)(H,27,32,33). The molecule has 1 aromatic heterocycles. The molecular weight excluding hydrogens is 474 g/mol. The van der Waals surface area contributed by atoms with Gasteiger partial charge in [-0.2, -0.15) is 0 Å². The van der Waals surface area contributed by atoms with E-state index in [4.69, 9.17) is 11.6 Å². The SMILES string of the molecule is O=C1CCC(N2Cc3cc(-n4cc(CNC(=O)Nc5ccccc5Cl)nn4)ccc3C2=O)C(=O)N1. The summed E-state index contributed by atoms with van der Waals surface area (Å²) in [4.78, 5) is 50.1. The van der Waals surface area contributed by atoms with E-state index in [1.165, 1.54) is 4.90 Å². The Hall–Kier alpha value is -4.25. The first-order chi connectivity index (χ1) is 16.9. The highest BCUT2D eigenvalue weighted by atomic mass is 35.5. The fraction of sp³-hybridized carbons (Fsp3) is 0.217. The van der Waals surface area contributed by atoms with Crippen LogP contribution in [0.1, 0.15) is 34.5 Å². The second-order valence-corrected chi connectivity index (χ2v) is 8.59. The minimum absolute atomic E-state index is 0.142. The number of fused-ring (bicyclic) bond motifs is 1. The minimum atomic E-state index is -0.669. The zero-order valence-electron chi connectivity index (χ0n) is 18.3. The van der Waals surface area contributed by atoms with E-state index in [-0.39, 0.29) is 31.3 Å². The number of carbonyl (C=O) groups is 4. The van der Waals surface area contributed by atoms with Crippen molar-refractivity contribution in [1.82, 2.24) is 30.5 Å². The summed E-state index contributed by atoms with van der Waals surface area (Å²) in [6, 6.07) is 11.0. The van der Waals surface area contributed by atoms with E-state index in [0.717, 1.165) is 5.56 Å². The van der Waals surface area contributed by atoms with Gasteiger partial charge in [0.15, 0.2) is 0 Å². The fourth-order valence-electron chi connectivity index (χ4n) is 4.11. The number of anilines is 1. The van der Waals surface area contributed by atoms with Crippen LogP contribution in [0.15, 0.2) is 48.7 Å². The maximum atomic E-state index is 12.8. The van der Waals surface area contributed by atoms with Crippen LogP contribution in [-0.2, 0) is 22.7 Å². The quantitative estimate of drug-likeness (QED) is 0.465. The third-order valence-corrected chi connectivity index (χ3v) is 6.19. The molecule has 3 heterocycles. The second kappa shape index (κ2) is 9.18. The monoisotopic (exact) mass is 493 g/mol. The van der Waals surface area contributed by atoms with Gasteiger partial charge in [-0.3, -0.25) is 19.7 Å². The predicted molar refractivity (Wildman–Crippen MR) is 125 cm³/mol. The van der Waals surface area contributed by atoms with Gasteiger partial charge in [0, 0.05) is 18.5 Å². The van der Waals surface area contributed by atoms with E-state index in [1.54, 1.807) is 47.3 Å². The number of nitrogens with one attached hydrogen (secondary N) is 3. The number of nitrogens with zero attached hydrogens (tertiary/aromatic N) is 4. The summed E-state index contributed by atoms with van der Waals surface area (Å²) in [6.45, 7) is 0.405. The lowest BCUT2D eigenvalue weighted by Crippen LogP contribution is -2.52. The summed E-state index contributed by atoms with van der Waals surface area (Å²) in [7, 11) is 0. The number of hydrogen-bond donors (Lipinski definition) is 3. The number of halogens is 1. The van der Waals surface area contributed by atoms with Crippen LogP contribution in [-0.4, -0.2) is 49.7 Å². The van der Waals surface area contributed by atoms with Crippen LogP contribution in [0.5, 0.6) is 0 Å². The van der Waals surface area contributed by atoms with Crippen molar-refractivity contribution in [2.24, 2.45) is 0 Å². The Kier molecular flexibility index (Phi) is 5.91. The van der Waals surface area contributed by atoms with Crippen molar-refractivity contribution in [3.05, 3.63) is 70.5 Å². The van der Waals surface area contributed by atoms with Crippen LogP contribution in [0.2, 0.25) is 5.02 Å². The largest absolute Gasteiger partial charge is 0.332 e. The van der Waals surface area contributed by atoms with Gasteiger partial charge in [0.25, 0.3) is 5.91 Å². The average Bonchev–Trinajstić information content (AvgIpc) is 3.44. The van der Waals surface area contributed by atoms with E-state index in [9.17, 15) is 19.2 Å². The smallest absolute Gasteiger partial charge is 0.319 e. The van der Waals surface area contributed by atoms with E-state index >= 15 is 0 Å². The predicted octanol–water partition coefficient (Wildman–Crippen LogP) is 2.00. The van der Waals surface area contributed by atoms with Crippen LogP contribution in [0, 0.1) is 0 Å². The summed E-state index contributed by atoms with van der Waals surface area (Å²) >= 11 is 6.05. The molecule has 1 saturated heterocycles. The Morgan fingerprint density at radius 3 is 2.80 bits per heavy atom. The van der Waals surface area contributed by atoms with Gasteiger partial charge in [0.1, 0.15) is 11.7 Å². The van der Waals surface area contributed by atoms with Crippen LogP contribution < -0.4 is 16.0 Å². The average molecular weight is 494 g/mol. The number of aromatic nitrogens is 3. The summed E-state index contributed by atoms with van der Waals surface area (Å²) in [5, 5.41) is 16.3.